The molecule has 0 bridgehead atoms. The molecule has 1 rings (SSSR count). The highest BCUT2D eigenvalue weighted by atomic mass is 16.4. The van der Waals surface area contributed by atoms with Gasteiger partial charge in [0, 0.05) is 6.42 Å². The van der Waals surface area contributed by atoms with E-state index in [-0.39, 0.29) is 31.1 Å². The lowest BCUT2D eigenvalue weighted by atomic mass is 9.99. The average Bonchev–Trinajstić information content (AvgIpc) is 3.17. The van der Waals surface area contributed by atoms with Crippen LogP contribution in [-0.4, -0.2) is 132 Å². The van der Waals surface area contributed by atoms with E-state index in [4.69, 9.17) is 5.73 Å². The van der Waals surface area contributed by atoms with Crippen LogP contribution in [0.3, 0.4) is 0 Å². The molecule has 0 unspecified atom stereocenters. The van der Waals surface area contributed by atoms with Gasteiger partial charge in [-0.1, -0.05) is 53.7 Å². The second kappa shape index (κ2) is 25.9. The minimum atomic E-state index is -1.32. The molecule has 22 nitrogen and oxygen atoms in total. The second-order valence-corrected chi connectivity index (χ2v) is 15.0. The van der Waals surface area contributed by atoms with E-state index in [0.29, 0.717) is 5.56 Å². The van der Waals surface area contributed by atoms with Gasteiger partial charge in [0.1, 0.15) is 36.0 Å². The number of carbonyl (C=O) groups is 10. The molecule has 0 spiro atoms. The topological polar surface area (TPSA) is 345 Å². The maximum atomic E-state index is 13.2. The molecule has 0 aliphatic rings. The van der Waals surface area contributed by atoms with Crippen molar-refractivity contribution in [2.75, 3.05) is 32.7 Å². The molecule has 0 fully saturated rings. The quantitative estimate of drug-likeness (QED) is 0.0451. The number of hydrogen-bond acceptors (Lipinski definition) is 12. The van der Waals surface area contributed by atoms with Crippen LogP contribution < -0.4 is 53.6 Å². The molecule has 60 heavy (non-hydrogen) atoms. The predicted molar refractivity (Wildman–Crippen MR) is 215 cm³/mol. The molecule has 0 heterocycles. The van der Waals surface area contributed by atoms with Crippen molar-refractivity contribution in [1.29, 1.82) is 0 Å². The largest absolute Gasteiger partial charge is 0.508 e. The second-order valence-electron chi connectivity index (χ2n) is 15.0. The van der Waals surface area contributed by atoms with Gasteiger partial charge in [0.2, 0.25) is 53.2 Å². The van der Waals surface area contributed by atoms with Crippen molar-refractivity contribution in [3.05, 3.63) is 29.8 Å². The van der Waals surface area contributed by atoms with Crippen molar-refractivity contribution in [3.63, 3.8) is 0 Å². The third kappa shape index (κ3) is 19.9. The first-order chi connectivity index (χ1) is 28.0. The summed E-state index contributed by atoms with van der Waals surface area (Å²) >= 11 is 0. The van der Waals surface area contributed by atoms with Gasteiger partial charge in [-0.05, 0) is 48.8 Å². The number of carboxylic acids is 1. The van der Waals surface area contributed by atoms with E-state index in [9.17, 15) is 58.2 Å². The standard InChI is InChI=1S/C38H60N10O12/c1-19(2)12-25(35(56)42-15-28(51)41-18-31(54)46-26(38(59)60)13-23-8-10-24(49)11-9-23)45-30(53)17-40-29(52)16-43-36(57)32(20(3)4)48-37(58)33(21(5)6)47-34(55)22(7)44-27(50)14-39/h8-11,19-22,25-26,32-33,49H,12-18,39H2,1-7H3,(H,40,52)(H,41,51)(H,42,56)(H,43,57)(H,44,50)(H,45,53)(H,46,54)(H,47,55)(H,48,58)(H,59,60)/t22-,25-,26-,32-,33-/m0/s1. The van der Waals surface area contributed by atoms with Crippen molar-refractivity contribution in [2.24, 2.45) is 23.5 Å². The van der Waals surface area contributed by atoms with Crippen molar-refractivity contribution in [1.82, 2.24) is 47.9 Å². The Morgan fingerprint density at radius 2 is 0.983 bits per heavy atom. The number of carbonyl (C=O) groups excluding carboxylic acids is 9. The lowest BCUT2D eigenvalue weighted by Crippen LogP contribution is -2.59. The molecule has 0 aromatic heterocycles. The van der Waals surface area contributed by atoms with Crippen LogP contribution in [0.1, 0.15) is 60.5 Å². The zero-order valence-electron chi connectivity index (χ0n) is 34.9. The molecule has 334 valence electrons. The molecule has 0 aliphatic carbocycles. The minimum Gasteiger partial charge on any atom is -0.508 e. The lowest BCUT2D eigenvalue weighted by molar-refractivity contribution is -0.141. The van der Waals surface area contributed by atoms with Crippen LogP contribution in [0, 0.1) is 17.8 Å². The van der Waals surface area contributed by atoms with Gasteiger partial charge in [-0.25, -0.2) is 4.79 Å². The lowest BCUT2D eigenvalue weighted by Gasteiger charge is -2.27. The summed E-state index contributed by atoms with van der Waals surface area (Å²) in [5.41, 5.74) is 5.80. The van der Waals surface area contributed by atoms with Crippen LogP contribution in [0.15, 0.2) is 24.3 Å². The molecule has 0 radical (unpaired) electrons. The fourth-order valence-electron chi connectivity index (χ4n) is 5.27. The van der Waals surface area contributed by atoms with Crippen molar-refractivity contribution >= 4 is 59.1 Å². The van der Waals surface area contributed by atoms with Crippen LogP contribution in [0.5, 0.6) is 5.75 Å². The molecule has 0 aliphatic heterocycles. The molecule has 9 amide bonds. The summed E-state index contributed by atoms with van der Waals surface area (Å²) in [5, 5.41) is 40.5. The van der Waals surface area contributed by atoms with Crippen molar-refractivity contribution < 1.29 is 58.2 Å². The average molecular weight is 849 g/mol. The number of rotatable bonds is 25. The van der Waals surface area contributed by atoms with Crippen molar-refractivity contribution in [2.45, 2.75) is 91.5 Å². The summed E-state index contributed by atoms with van der Waals surface area (Å²) in [6, 6.07) is 0.111. The van der Waals surface area contributed by atoms with Crippen LogP contribution in [0.4, 0.5) is 0 Å². The summed E-state index contributed by atoms with van der Waals surface area (Å²) in [6.45, 7) is 8.97. The number of nitrogens with two attached hydrogens (primary N) is 1. The van der Waals surface area contributed by atoms with Crippen LogP contribution in [-0.2, 0) is 54.4 Å². The Morgan fingerprint density at radius 3 is 1.45 bits per heavy atom. The van der Waals surface area contributed by atoms with E-state index in [1.54, 1.807) is 41.5 Å². The highest BCUT2D eigenvalue weighted by Gasteiger charge is 2.32. The maximum Gasteiger partial charge on any atom is 0.326 e. The first kappa shape index (κ1) is 51.7. The van der Waals surface area contributed by atoms with E-state index >= 15 is 0 Å². The molecule has 22 heteroatoms. The Kier molecular flexibility index (Phi) is 22.3. The third-order valence-electron chi connectivity index (χ3n) is 8.56. The van der Waals surface area contributed by atoms with E-state index < -0.39 is 127 Å². The smallest absolute Gasteiger partial charge is 0.326 e. The predicted octanol–water partition coefficient (Wildman–Crippen LogP) is -3.76. The van der Waals surface area contributed by atoms with Gasteiger partial charge < -0.3 is 63.8 Å². The number of aromatic hydroxyl groups is 1. The molecule has 13 N–H and O–H groups in total. The molecular weight excluding hydrogens is 788 g/mol. The van der Waals surface area contributed by atoms with Crippen LogP contribution >= 0.6 is 0 Å². The monoisotopic (exact) mass is 848 g/mol. The number of hydrogen-bond donors (Lipinski definition) is 12. The Labute approximate surface area is 348 Å². The number of aliphatic carboxylic acids is 1. The fourth-order valence-corrected chi connectivity index (χ4v) is 5.27. The first-order valence-electron chi connectivity index (χ1n) is 19.3. The normalized spacial score (nSPS) is 13.4. The fraction of sp³-hybridized carbons (Fsp3) is 0.579. The Bertz CT molecular complexity index is 1690. The van der Waals surface area contributed by atoms with E-state index in [0.717, 1.165) is 0 Å². The Balaban J connectivity index is 2.65. The van der Waals surface area contributed by atoms with E-state index in [2.05, 4.69) is 47.9 Å². The molecule has 5 atom stereocenters. The van der Waals surface area contributed by atoms with Gasteiger partial charge in [-0.2, -0.15) is 0 Å². The molecule has 1 aromatic carbocycles. The number of phenolic OH excluding ortho intramolecular Hbond substituents is 1. The van der Waals surface area contributed by atoms with Gasteiger partial charge in [-0.3, -0.25) is 43.2 Å². The summed E-state index contributed by atoms with van der Waals surface area (Å²) < 4.78 is 0. The Morgan fingerprint density at radius 1 is 0.533 bits per heavy atom. The van der Waals surface area contributed by atoms with Gasteiger partial charge in [0.15, 0.2) is 0 Å². The summed E-state index contributed by atoms with van der Waals surface area (Å²) in [5.74, 6) is -8.75. The zero-order chi connectivity index (χ0) is 45.7. The summed E-state index contributed by atoms with van der Waals surface area (Å²) in [7, 11) is 0. The van der Waals surface area contributed by atoms with Gasteiger partial charge in [0.25, 0.3) is 0 Å². The van der Waals surface area contributed by atoms with Crippen molar-refractivity contribution in [3.8, 4) is 5.75 Å². The minimum absolute atomic E-state index is 0.0122. The van der Waals surface area contributed by atoms with E-state index in [1.807, 2.05) is 0 Å². The highest BCUT2D eigenvalue weighted by molar-refractivity contribution is 5.96. The number of benzene rings is 1. The third-order valence-corrected chi connectivity index (χ3v) is 8.56. The van der Waals surface area contributed by atoms with Gasteiger partial charge in [0.05, 0.1) is 32.7 Å². The highest BCUT2D eigenvalue weighted by Crippen LogP contribution is 2.12. The summed E-state index contributed by atoms with van der Waals surface area (Å²) in [6.07, 6.45) is 0.0657. The zero-order valence-corrected chi connectivity index (χ0v) is 34.9. The number of nitrogens with one attached hydrogen (secondary N) is 9. The van der Waals surface area contributed by atoms with Gasteiger partial charge in [-0.15, -0.1) is 0 Å². The number of carboxylic acid groups (broad SMARTS) is 1. The van der Waals surface area contributed by atoms with Gasteiger partial charge >= 0.3 is 5.97 Å². The van der Waals surface area contributed by atoms with E-state index in [1.165, 1.54) is 31.2 Å². The molecule has 0 saturated carbocycles. The molecule has 1 aromatic rings. The Hall–Kier alpha value is -6.32. The number of phenols is 1. The van der Waals surface area contributed by atoms with Crippen LogP contribution in [0.25, 0.3) is 0 Å². The first-order valence-corrected chi connectivity index (χ1v) is 19.3. The van der Waals surface area contributed by atoms with Crippen LogP contribution in [0.2, 0.25) is 0 Å². The summed E-state index contributed by atoms with van der Waals surface area (Å²) in [4.78, 5) is 125. The number of amides is 9. The maximum absolute atomic E-state index is 13.2. The molecule has 0 saturated heterocycles. The molecular formula is C38H60N10O12. The SMILES string of the molecule is CC(C)C[C@H](NC(=O)CNC(=O)CNC(=O)[C@@H](NC(=O)[C@@H](NC(=O)[C@H](C)NC(=O)CN)C(C)C)C(C)C)C(=O)NCC(=O)NCC(=O)N[C@@H](Cc1ccc(O)cc1)C(=O)O.